The van der Waals surface area contributed by atoms with E-state index in [0.29, 0.717) is 17.1 Å². The van der Waals surface area contributed by atoms with Crippen molar-refractivity contribution in [2.45, 2.75) is 77.7 Å². The Balaban J connectivity index is 1.27. The first-order chi connectivity index (χ1) is 33.6. The average Bonchev–Trinajstić information content (AvgIpc) is 4.20. The fourth-order valence-electron chi connectivity index (χ4n) is 10.4. The number of allylic oxidation sites excluding steroid dienone is 1. The molecule has 3 aliphatic rings. The summed E-state index contributed by atoms with van der Waals surface area (Å²) < 4.78 is 12.8. The van der Waals surface area contributed by atoms with Crippen molar-refractivity contribution >= 4 is 34.0 Å². The van der Waals surface area contributed by atoms with Crippen LogP contribution in [0.3, 0.4) is 0 Å². The second-order valence-electron chi connectivity index (χ2n) is 21.3. The van der Waals surface area contributed by atoms with Crippen LogP contribution in [0.15, 0.2) is 169 Å². The number of rotatable bonds is 5. The first-order valence-corrected chi connectivity index (χ1v) is 24.2. The van der Waals surface area contributed by atoms with Crippen LogP contribution >= 0.6 is 0 Å². The van der Waals surface area contributed by atoms with Gasteiger partial charge >= 0.3 is 5.97 Å². The number of esters is 1. The molecule has 0 amide bonds. The van der Waals surface area contributed by atoms with Crippen LogP contribution in [0, 0.1) is 0 Å². The van der Waals surface area contributed by atoms with Gasteiger partial charge in [-0.3, -0.25) is 4.99 Å². The molecule has 1 atom stereocenters. The van der Waals surface area contributed by atoms with E-state index >= 15 is 0 Å². The highest BCUT2D eigenvalue weighted by atomic mass is 16.5. The molecular formula is C63H58N4O3. The second-order valence-corrected chi connectivity index (χ2v) is 21.3. The van der Waals surface area contributed by atoms with Crippen molar-refractivity contribution in [1.29, 1.82) is 0 Å². The fraction of sp³-hybridized carbons (Fsp3) is 0.206. The van der Waals surface area contributed by atoms with E-state index in [1.807, 2.05) is 6.07 Å². The Morgan fingerprint density at radius 1 is 0.571 bits per heavy atom. The van der Waals surface area contributed by atoms with Crippen molar-refractivity contribution in [2.24, 2.45) is 4.99 Å². The van der Waals surface area contributed by atoms with Crippen LogP contribution in [0.2, 0.25) is 0 Å². The molecule has 3 aromatic heterocycles. The van der Waals surface area contributed by atoms with E-state index in [4.69, 9.17) is 14.5 Å². The molecule has 0 spiro atoms. The smallest absolute Gasteiger partial charge is 0.341 e. The first kappa shape index (κ1) is 44.6. The monoisotopic (exact) mass is 918 g/mol. The summed E-state index contributed by atoms with van der Waals surface area (Å²) in [4.78, 5) is 31.4. The van der Waals surface area contributed by atoms with Crippen LogP contribution in [0.1, 0.15) is 122 Å². The number of hydrogen-bond donors (Lipinski definition) is 3. The zero-order valence-electron chi connectivity index (χ0n) is 41.3. The summed E-state index contributed by atoms with van der Waals surface area (Å²) in [5.74, 6) is 0.764. The molecule has 0 saturated heterocycles. The summed E-state index contributed by atoms with van der Waals surface area (Å²) in [6, 6.07) is 53.2. The largest absolute Gasteiger partial charge is 0.465 e. The minimum absolute atomic E-state index is 0.238. The molecule has 6 heterocycles. The van der Waals surface area contributed by atoms with Crippen molar-refractivity contribution in [3.63, 3.8) is 0 Å². The SMILES string of the molecule is COC(=O)c1cc(C(C)(C)C)cc2c1Oc1c(/C3=c4\cc/c([nH]4)=C(\c4ccccc4)c4ccc([nH]4)/C(c4ccccc4)=c4/cc/c([nH]4)=C(\c4ccccc4)C4C=CC3=N4)cc(C(C)(C)C)cc1C2(C)C. The van der Waals surface area contributed by atoms with Gasteiger partial charge in [-0.2, -0.15) is 0 Å². The van der Waals surface area contributed by atoms with Gasteiger partial charge in [0.1, 0.15) is 17.1 Å². The standard InChI is InChI=1S/C63H58N4O3/c1-61(2,3)40-33-42(58-44(35-40)63(7,8)45-36-41(62(4,5)6)34-43(59(45)70-58)60(68)69-9)57-52-31-29-50(66-52)55(38-21-15-11-16-22-38)48-27-25-46(64-48)54(37-19-13-10-14-20-37)47-26-28-49(65-47)56(39-23-17-12-18-24-39)51-30-32-53(57)67-51/h10-36,50,64-65,67H,1-9H3/b54-46-,55-48-,56-51-,57-53-. The maximum absolute atomic E-state index is 13.9. The molecule has 0 saturated carbocycles. The lowest BCUT2D eigenvalue weighted by Gasteiger charge is -2.39. The van der Waals surface area contributed by atoms with Gasteiger partial charge in [-0.1, -0.05) is 165 Å². The number of benzene rings is 5. The Morgan fingerprint density at radius 2 is 1.06 bits per heavy atom. The van der Waals surface area contributed by atoms with Gasteiger partial charge < -0.3 is 24.4 Å². The molecule has 7 nitrogen and oxygen atoms in total. The molecule has 0 radical (unpaired) electrons. The molecule has 8 aromatic rings. The van der Waals surface area contributed by atoms with Crippen molar-refractivity contribution in [3.05, 3.63) is 247 Å². The molecule has 348 valence electrons. The molecule has 0 aliphatic carbocycles. The normalized spacial score (nSPS) is 19.2. The van der Waals surface area contributed by atoms with Crippen molar-refractivity contribution in [1.82, 2.24) is 15.0 Å². The lowest BCUT2D eigenvalue weighted by molar-refractivity contribution is 0.0597. The third-order valence-corrected chi connectivity index (χ3v) is 14.3. The van der Waals surface area contributed by atoms with E-state index in [0.717, 1.165) is 105 Å². The predicted molar refractivity (Wildman–Crippen MR) is 283 cm³/mol. The molecule has 1 unspecified atom stereocenters. The molecule has 3 N–H and O–H groups in total. The van der Waals surface area contributed by atoms with E-state index in [1.54, 1.807) is 0 Å². The number of nitrogens with zero attached hydrogens (tertiary/aromatic N) is 1. The molecule has 70 heavy (non-hydrogen) atoms. The Bertz CT molecular complexity index is 3720. The number of hydrogen-bond acceptors (Lipinski definition) is 4. The summed E-state index contributed by atoms with van der Waals surface area (Å²) in [5, 5.41) is 3.78. The van der Waals surface area contributed by atoms with Gasteiger partial charge in [0.05, 0.1) is 18.9 Å². The number of aromatic nitrogens is 3. The number of H-pyrrole nitrogens is 3. The molecular weight excluding hydrogens is 861 g/mol. The maximum atomic E-state index is 13.9. The lowest BCUT2D eigenvalue weighted by atomic mass is 9.70. The predicted octanol–water partition coefficient (Wildman–Crippen LogP) is 10.8. The zero-order chi connectivity index (χ0) is 48.7. The van der Waals surface area contributed by atoms with E-state index in [-0.39, 0.29) is 16.9 Å². The number of nitrogens with one attached hydrogen (secondary N) is 3. The summed E-state index contributed by atoms with van der Waals surface area (Å²) in [7, 11) is 1.43. The third-order valence-electron chi connectivity index (χ3n) is 14.3. The number of methoxy groups -OCH3 is 1. The molecule has 0 fully saturated rings. The van der Waals surface area contributed by atoms with Crippen LogP contribution < -0.4 is 26.1 Å². The number of aromatic amines is 3. The van der Waals surface area contributed by atoms with Crippen LogP contribution in [0.4, 0.5) is 0 Å². The van der Waals surface area contributed by atoms with Crippen LogP contribution in [0.25, 0.3) is 22.3 Å². The highest BCUT2D eigenvalue weighted by Crippen LogP contribution is 2.54. The van der Waals surface area contributed by atoms with Crippen molar-refractivity contribution < 1.29 is 14.3 Å². The van der Waals surface area contributed by atoms with Gasteiger partial charge in [0.2, 0.25) is 0 Å². The molecule has 8 bridgehead atoms. The highest BCUT2D eigenvalue weighted by Gasteiger charge is 2.41. The fourth-order valence-corrected chi connectivity index (χ4v) is 10.4. The first-order valence-electron chi connectivity index (χ1n) is 24.2. The van der Waals surface area contributed by atoms with Crippen LogP contribution in [0.5, 0.6) is 11.5 Å². The topological polar surface area (TPSA) is 95.3 Å². The number of fused-ring (bicyclic) bond motifs is 9. The average molecular weight is 919 g/mol. The van der Waals surface area contributed by atoms with Crippen molar-refractivity contribution in [3.8, 4) is 11.5 Å². The molecule has 11 rings (SSSR count). The van der Waals surface area contributed by atoms with E-state index in [9.17, 15) is 4.79 Å². The highest BCUT2D eigenvalue weighted by molar-refractivity contribution is 6.30. The van der Waals surface area contributed by atoms with Gasteiger partial charge in [-0.15, -0.1) is 0 Å². The number of aliphatic imine (C=N–C) groups is 1. The molecule has 7 heteroatoms. The quantitative estimate of drug-likeness (QED) is 0.150. The molecule has 3 aliphatic heterocycles. The Morgan fingerprint density at radius 3 is 1.60 bits per heavy atom. The van der Waals surface area contributed by atoms with E-state index in [1.165, 1.54) is 7.11 Å². The summed E-state index contributed by atoms with van der Waals surface area (Å²) >= 11 is 0. The van der Waals surface area contributed by atoms with E-state index < -0.39 is 11.4 Å². The van der Waals surface area contributed by atoms with Crippen molar-refractivity contribution in [2.75, 3.05) is 7.11 Å². The van der Waals surface area contributed by atoms with Crippen LogP contribution in [-0.2, 0) is 21.0 Å². The summed E-state index contributed by atoms with van der Waals surface area (Å²) in [6.07, 6.45) is 4.38. The number of carbonyl (C=O) groups excluding carboxylic acids is 1. The number of ether oxygens (including phenoxy) is 2. The second kappa shape index (κ2) is 16.7. The Labute approximate surface area is 409 Å². The van der Waals surface area contributed by atoms with E-state index in [2.05, 4.69) is 228 Å². The minimum atomic E-state index is -0.590. The summed E-state index contributed by atoms with van der Waals surface area (Å²) in [6.45, 7) is 17.8. The minimum Gasteiger partial charge on any atom is -0.465 e. The summed E-state index contributed by atoms with van der Waals surface area (Å²) in [5.41, 5.74) is 14.4. The van der Waals surface area contributed by atoms with Gasteiger partial charge in [0.15, 0.2) is 0 Å². The zero-order valence-corrected chi connectivity index (χ0v) is 41.3. The van der Waals surface area contributed by atoms with Gasteiger partial charge in [-0.25, -0.2) is 4.79 Å². The third kappa shape index (κ3) is 7.61. The Kier molecular flexibility index (Phi) is 10.6. The lowest BCUT2D eigenvalue weighted by Crippen LogP contribution is -2.30. The van der Waals surface area contributed by atoms with Crippen LogP contribution in [-0.4, -0.2) is 39.8 Å². The van der Waals surface area contributed by atoms with Gasteiger partial charge in [0, 0.05) is 77.2 Å². The maximum Gasteiger partial charge on any atom is 0.341 e. The Hall–Kier alpha value is -7.90. The molecule has 5 aromatic carbocycles. The van der Waals surface area contributed by atoms with Gasteiger partial charge in [-0.05, 0) is 93.3 Å². The number of carbonyl (C=O) groups is 1. The van der Waals surface area contributed by atoms with Gasteiger partial charge in [0.25, 0.3) is 0 Å².